The SMILES string of the molecule is COc1ccc(N2C(=O)CC[C@H](C(=O)NCCCN3C[C@H](C)C[C@H](C)C3)[C@@H]2c2ccc(OC)c(OC)c2)cc1. The predicted octanol–water partition coefficient (Wildman–Crippen LogP) is 4.68. The van der Waals surface area contributed by atoms with Crippen LogP contribution in [0.3, 0.4) is 0 Å². The molecule has 8 nitrogen and oxygen atoms in total. The summed E-state index contributed by atoms with van der Waals surface area (Å²) in [5.41, 5.74) is 1.55. The number of hydrogen-bond acceptors (Lipinski definition) is 6. The summed E-state index contributed by atoms with van der Waals surface area (Å²) in [4.78, 5) is 31.3. The van der Waals surface area contributed by atoms with Gasteiger partial charge in [0.1, 0.15) is 5.75 Å². The minimum absolute atomic E-state index is 0.0164. The Bertz CT molecular complexity index is 1110. The molecule has 8 heteroatoms. The zero-order valence-electron chi connectivity index (χ0n) is 23.9. The number of anilines is 1. The molecule has 4 atom stereocenters. The molecule has 2 aliphatic rings. The Balaban J connectivity index is 1.55. The molecule has 4 rings (SSSR count). The van der Waals surface area contributed by atoms with Gasteiger partial charge in [0.05, 0.1) is 33.3 Å². The second kappa shape index (κ2) is 13.2. The molecule has 2 aliphatic heterocycles. The molecule has 0 radical (unpaired) electrons. The molecule has 2 fully saturated rings. The summed E-state index contributed by atoms with van der Waals surface area (Å²) in [5, 5.41) is 3.19. The van der Waals surface area contributed by atoms with E-state index in [9.17, 15) is 9.59 Å². The molecular weight excluding hydrogens is 494 g/mol. The topological polar surface area (TPSA) is 80.3 Å². The first kappa shape index (κ1) is 28.7. The average Bonchev–Trinajstić information content (AvgIpc) is 2.94. The summed E-state index contributed by atoms with van der Waals surface area (Å²) in [5.74, 6) is 2.85. The second-order valence-electron chi connectivity index (χ2n) is 11.0. The monoisotopic (exact) mass is 537 g/mol. The van der Waals surface area contributed by atoms with Gasteiger partial charge in [-0.1, -0.05) is 19.9 Å². The Hall–Kier alpha value is -3.26. The molecule has 2 aromatic carbocycles. The number of carbonyl (C=O) groups is 2. The number of hydrogen-bond donors (Lipinski definition) is 1. The van der Waals surface area contributed by atoms with Crippen molar-refractivity contribution in [3.8, 4) is 17.2 Å². The molecule has 0 saturated carbocycles. The van der Waals surface area contributed by atoms with E-state index in [4.69, 9.17) is 14.2 Å². The largest absolute Gasteiger partial charge is 0.497 e. The van der Waals surface area contributed by atoms with Gasteiger partial charge in [-0.25, -0.2) is 0 Å². The minimum Gasteiger partial charge on any atom is -0.497 e. The molecule has 2 aromatic rings. The van der Waals surface area contributed by atoms with Crippen molar-refractivity contribution in [1.29, 1.82) is 0 Å². The molecule has 0 aliphatic carbocycles. The fraction of sp³-hybridized carbons (Fsp3) is 0.548. The number of likely N-dealkylation sites (tertiary alicyclic amines) is 1. The van der Waals surface area contributed by atoms with Crippen LogP contribution in [0.1, 0.15) is 51.1 Å². The van der Waals surface area contributed by atoms with Gasteiger partial charge in [-0.3, -0.25) is 9.59 Å². The van der Waals surface area contributed by atoms with Gasteiger partial charge in [-0.05, 0) is 79.6 Å². The van der Waals surface area contributed by atoms with Crippen LogP contribution in [-0.4, -0.2) is 64.2 Å². The molecule has 212 valence electrons. The zero-order chi connectivity index (χ0) is 27.9. The second-order valence-corrected chi connectivity index (χ2v) is 11.0. The van der Waals surface area contributed by atoms with Crippen LogP contribution in [0.2, 0.25) is 0 Å². The third-order valence-electron chi connectivity index (χ3n) is 7.93. The molecule has 0 unspecified atom stereocenters. The highest BCUT2D eigenvalue weighted by molar-refractivity contribution is 5.97. The quantitative estimate of drug-likeness (QED) is 0.444. The van der Waals surface area contributed by atoms with Crippen molar-refractivity contribution in [2.75, 3.05) is 52.4 Å². The Kier molecular flexibility index (Phi) is 9.73. The van der Waals surface area contributed by atoms with Crippen molar-refractivity contribution in [2.45, 2.75) is 45.6 Å². The Labute approximate surface area is 232 Å². The van der Waals surface area contributed by atoms with Crippen molar-refractivity contribution in [2.24, 2.45) is 17.8 Å². The first-order valence-electron chi connectivity index (χ1n) is 14.0. The number of carbonyl (C=O) groups excluding carboxylic acids is 2. The van der Waals surface area contributed by atoms with Gasteiger partial charge in [0, 0.05) is 31.7 Å². The van der Waals surface area contributed by atoms with E-state index in [1.807, 2.05) is 42.5 Å². The summed E-state index contributed by atoms with van der Waals surface area (Å²) in [6.45, 7) is 8.48. The van der Waals surface area contributed by atoms with Crippen LogP contribution < -0.4 is 24.4 Å². The van der Waals surface area contributed by atoms with Gasteiger partial charge in [-0.2, -0.15) is 0 Å². The summed E-state index contributed by atoms with van der Waals surface area (Å²) in [7, 11) is 4.79. The fourth-order valence-electron chi connectivity index (χ4n) is 6.25. The Morgan fingerprint density at radius 2 is 1.64 bits per heavy atom. The molecule has 0 bridgehead atoms. The van der Waals surface area contributed by atoms with Crippen molar-refractivity contribution in [3.05, 3.63) is 48.0 Å². The Morgan fingerprint density at radius 1 is 0.949 bits per heavy atom. The van der Waals surface area contributed by atoms with Crippen LogP contribution in [0, 0.1) is 17.8 Å². The number of amides is 2. The molecule has 2 heterocycles. The van der Waals surface area contributed by atoms with Crippen molar-refractivity contribution in [3.63, 3.8) is 0 Å². The van der Waals surface area contributed by atoms with Crippen LogP contribution >= 0.6 is 0 Å². The van der Waals surface area contributed by atoms with Crippen LogP contribution in [0.5, 0.6) is 17.2 Å². The summed E-state index contributed by atoms with van der Waals surface area (Å²) < 4.78 is 16.3. The number of nitrogens with zero attached hydrogens (tertiary/aromatic N) is 2. The van der Waals surface area contributed by atoms with Crippen LogP contribution in [0.4, 0.5) is 5.69 Å². The number of methoxy groups -OCH3 is 3. The minimum atomic E-state index is -0.483. The summed E-state index contributed by atoms with van der Waals surface area (Å²) in [6.07, 6.45) is 2.98. The lowest BCUT2D eigenvalue weighted by molar-refractivity contribution is -0.129. The maximum atomic E-state index is 13.7. The van der Waals surface area contributed by atoms with E-state index in [0.29, 0.717) is 48.5 Å². The average molecular weight is 538 g/mol. The van der Waals surface area contributed by atoms with Crippen molar-refractivity contribution in [1.82, 2.24) is 10.2 Å². The zero-order valence-corrected chi connectivity index (χ0v) is 23.9. The van der Waals surface area contributed by atoms with Crippen molar-refractivity contribution < 1.29 is 23.8 Å². The van der Waals surface area contributed by atoms with Crippen LogP contribution in [0.15, 0.2) is 42.5 Å². The predicted molar refractivity (Wildman–Crippen MR) is 153 cm³/mol. The smallest absolute Gasteiger partial charge is 0.227 e. The summed E-state index contributed by atoms with van der Waals surface area (Å²) >= 11 is 0. The number of benzene rings is 2. The lowest BCUT2D eigenvalue weighted by atomic mass is 9.83. The van der Waals surface area contributed by atoms with E-state index in [0.717, 1.165) is 37.3 Å². The molecule has 0 aromatic heterocycles. The van der Waals surface area contributed by atoms with Crippen LogP contribution in [0.25, 0.3) is 0 Å². The maximum absolute atomic E-state index is 13.7. The highest BCUT2D eigenvalue weighted by atomic mass is 16.5. The number of ether oxygens (including phenoxy) is 3. The van der Waals surface area contributed by atoms with Gasteiger partial charge >= 0.3 is 0 Å². The maximum Gasteiger partial charge on any atom is 0.227 e. The third kappa shape index (κ3) is 6.85. The molecular formula is C31H43N3O5. The lowest BCUT2D eigenvalue weighted by Crippen LogP contribution is -2.48. The van der Waals surface area contributed by atoms with Gasteiger partial charge in [0.2, 0.25) is 11.8 Å². The Morgan fingerprint density at radius 3 is 2.28 bits per heavy atom. The standard InChI is InChI=1S/C31H43N3O5/c1-21-17-22(2)20-33(19-21)16-6-15-32-31(36)26-12-14-29(35)34(24-8-10-25(37-3)11-9-24)30(26)23-7-13-27(38-4)28(18-23)39-5/h7-11,13,18,21-22,26,30H,6,12,14-17,19-20H2,1-5H3,(H,32,36)/t21-,22+,26-,30-/m0/s1. The van der Waals surface area contributed by atoms with Gasteiger partial charge < -0.3 is 29.3 Å². The molecule has 0 spiro atoms. The van der Waals surface area contributed by atoms with E-state index in [1.54, 1.807) is 26.2 Å². The van der Waals surface area contributed by atoms with E-state index in [1.165, 1.54) is 6.42 Å². The normalized spacial score (nSPS) is 23.8. The first-order chi connectivity index (χ1) is 18.8. The first-order valence-corrected chi connectivity index (χ1v) is 14.0. The van der Waals surface area contributed by atoms with Gasteiger partial charge in [0.15, 0.2) is 11.5 Å². The van der Waals surface area contributed by atoms with E-state index in [2.05, 4.69) is 24.1 Å². The molecule has 1 N–H and O–H groups in total. The van der Waals surface area contributed by atoms with E-state index >= 15 is 0 Å². The highest BCUT2D eigenvalue weighted by Crippen LogP contribution is 2.42. The van der Waals surface area contributed by atoms with Crippen LogP contribution in [-0.2, 0) is 9.59 Å². The highest BCUT2D eigenvalue weighted by Gasteiger charge is 2.41. The van der Waals surface area contributed by atoms with Crippen molar-refractivity contribution >= 4 is 17.5 Å². The van der Waals surface area contributed by atoms with Gasteiger partial charge in [-0.15, -0.1) is 0 Å². The van der Waals surface area contributed by atoms with Gasteiger partial charge in [0.25, 0.3) is 0 Å². The fourth-order valence-corrected chi connectivity index (χ4v) is 6.25. The number of rotatable bonds is 10. The number of piperidine rings is 2. The summed E-state index contributed by atoms with van der Waals surface area (Å²) in [6, 6.07) is 12.5. The van der Waals surface area contributed by atoms with E-state index in [-0.39, 0.29) is 11.8 Å². The molecule has 39 heavy (non-hydrogen) atoms. The van der Waals surface area contributed by atoms with E-state index < -0.39 is 12.0 Å². The third-order valence-corrected chi connectivity index (χ3v) is 7.93. The lowest BCUT2D eigenvalue weighted by Gasteiger charge is -2.41. The number of nitrogens with one attached hydrogen (secondary N) is 1. The molecule has 2 saturated heterocycles. The molecule has 2 amide bonds.